The van der Waals surface area contributed by atoms with Crippen molar-refractivity contribution < 1.29 is 32.6 Å². The number of carbonyl (C=O) groups is 2. The van der Waals surface area contributed by atoms with Gasteiger partial charge in [0, 0.05) is 17.4 Å². The maximum Gasteiger partial charge on any atom is 0.408 e. The molecule has 2 N–H and O–H groups in total. The molecule has 1 amide bonds. The molecule has 3 aromatic rings. The van der Waals surface area contributed by atoms with E-state index in [1.54, 1.807) is 45.9 Å². The summed E-state index contributed by atoms with van der Waals surface area (Å²) in [4.78, 5) is 24.3. The second-order valence-corrected chi connectivity index (χ2v) is 11.7. The van der Waals surface area contributed by atoms with Gasteiger partial charge in [0.15, 0.2) is 15.6 Å². The summed E-state index contributed by atoms with van der Waals surface area (Å²) < 4.78 is 35.2. The Bertz CT molecular complexity index is 1560. The molecule has 10 nitrogen and oxygen atoms in total. The SMILES string of the molecule is CCOC(=O)c1nn(-c2ccc(C#CCNC(=O)OC(C)(C)C)cc2Cl)c(-c2ccc(S(C)(=O)=O)cc2)c1O. The van der Waals surface area contributed by atoms with Gasteiger partial charge in [-0.3, -0.25) is 0 Å². The average molecular weight is 574 g/mol. The number of hydrogen-bond acceptors (Lipinski definition) is 8. The van der Waals surface area contributed by atoms with E-state index in [9.17, 15) is 23.1 Å². The van der Waals surface area contributed by atoms with Crippen LogP contribution in [0.25, 0.3) is 16.9 Å². The molecule has 0 radical (unpaired) electrons. The lowest BCUT2D eigenvalue weighted by Gasteiger charge is -2.19. The lowest BCUT2D eigenvalue weighted by molar-refractivity contribution is 0.0511. The lowest BCUT2D eigenvalue weighted by Crippen LogP contribution is -2.32. The summed E-state index contributed by atoms with van der Waals surface area (Å²) in [6.45, 7) is 7.02. The van der Waals surface area contributed by atoms with Crippen molar-refractivity contribution in [2.24, 2.45) is 0 Å². The fourth-order valence-corrected chi connectivity index (χ4v) is 4.26. The minimum absolute atomic E-state index is 0.0534. The molecule has 0 bridgehead atoms. The van der Waals surface area contributed by atoms with Gasteiger partial charge in [0.25, 0.3) is 0 Å². The molecule has 1 aromatic heterocycles. The molecular formula is C27H28ClN3O7S. The smallest absolute Gasteiger partial charge is 0.408 e. The van der Waals surface area contributed by atoms with E-state index in [0.717, 1.165) is 6.26 Å². The molecule has 0 saturated heterocycles. The predicted octanol–water partition coefficient (Wildman–Crippen LogP) is 4.35. The molecule has 39 heavy (non-hydrogen) atoms. The third-order valence-corrected chi connectivity index (χ3v) is 6.44. The Balaban J connectivity index is 1.97. The number of hydrogen-bond donors (Lipinski definition) is 2. The van der Waals surface area contributed by atoms with Crippen molar-refractivity contribution in [1.29, 1.82) is 0 Å². The van der Waals surface area contributed by atoms with Crippen LogP contribution in [0.1, 0.15) is 43.7 Å². The molecule has 0 aliphatic carbocycles. The number of aromatic nitrogens is 2. The van der Waals surface area contributed by atoms with Gasteiger partial charge in [0.2, 0.25) is 5.69 Å². The first-order valence-electron chi connectivity index (χ1n) is 11.8. The number of sulfone groups is 1. The maximum atomic E-state index is 12.5. The monoisotopic (exact) mass is 573 g/mol. The van der Waals surface area contributed by atoms with Gasteiger partial charge in [-0.05, 0) is 58.0 Å². The van der Waals surface area contributed by atoms with Gasteiger partial charge in [-0.1, -0.05) is 35.6 Å². The standard InChI is InChI=1S/C27H28ClN3O7S/c1-6-37-25(33)22-24(32)23(18-10-12-19(13-11-18)39(5,35)36)31(30-22)21-14-9-17(16-20(21)28)8-7-15-29-26(34)38-27(2,3)4/h9-14,16,32H,6,15H2,1-5H3,(H,29,34). The van der Waals surface area contributed by atoms with E-state index in [4.69, 9.17) is 21.1 Å². The van der Waals surface area contributed by atoms with Crippen LogP contribution in [0.4, 0.5) is 4.79 Å². The minimum atomic E-state index is -3.45. The van der Waals surface area contributed by atoms with E-state index < -0.39 is 33.3 Å². The third kappa shape index (κ3) is 7.52. The van der Waals surface area contributed by atoms with Crippen molar-refractivity contribution in [3.63, 3.8) is 0 Å². The Morgan fingerprint density at radius 2 is 1.82 bits per heavy atom. The van der Waals surface area contributed by atoms with E-state index in [1.165, 1.54) is 28.9 Å². The lowest BCUT2D eigenvalue weighted by atomic mass is 10.1. The number of ether oxygens (including phenoxy) is 2. The number of alkyl carbamates (subject to hydrolysis) is 1. The molecule has 0 aliphatic heterocycles. The number of nitrogens with one attached hydrogen (secondary N) is 1. The van der Waals surface area contributed by atoms with Gasteiger partial charge in [-0.15, -0.1) is 0 Å². The van der Waals surface area contributed by atoms with Crippen LogP contribution in [0, 0.1) is 11.8 Å². The Kier molecular flexibility index (Phi) is 8.94. The summed E-state index contributed by atoms with van der Waals surface area (Å²) in [5.74, 6) is 4.41. The number of carbonyl (C=O) groups excluding carboxylic acids is 2. The average Bonchev–Trinajstić information content (AvgIpc) is 3.17. The second kappa shape index (κ2) is 11.8. The highest BCUT2D eigenvalue weighted by molar-refractivity contribution is 7.90. The number of esters is 1. The Labute approximate surface area is 231 Å². The summed E-state index contributed by atoms with van der Waals surface area (Å²) in [5, 5.41) is 17.9. The Morgan fingerprint density at radius 3 is 2.38 bits per heavy atom. The van der Waals surface area contributed by atoms with Gasteiger partial charge in [-0.25, -0.2) is 22.7 Å². The van der Waals surface area contributed by atoms with Gasteiger partial charge in [0.1, 0.15) is 11.3 Å². The van der Waals surface area contributed by atoms with Gasteiger partial charge >= 0.3 is 12.1 Å². The van der Waals surface area contributed by atoms with E-state index in [0.29, 0.717) is 16.8 Å². The summed E-state index contributed by atoms with van der Waals surface area (Å²) >= 11 is 6.55. The molecule has 0 aliphatic rings. The largest absolute Gasteiger partial charge is 0.504 e. The van der Waals surface area contributed by atoms with E-state index in [-0.39, 0.29) is 34.5 Å². The van der Waals surface area contributed by atoms with Crippen LogP contribution in [0.15, 0.2) is 47.4 Å². The zero-order valence-electron chi connectivity index (χ0n) is 22.0. The predicted molar refractivity (Wildman–Crippen MR) is 146 cm³/mol. The van der Waals surface area contributed by atoms with Crippen molar-refractivity contribution in [1.82, 2.24) is 15.1 Å². The van der Waals surface area contributed by atoms with Crippen LogP contribution < -0.4 is 5.32 Å². The minimum Gasteiger partial charge on any atom is -0.504 e. The van der Waals surface area contributed by atoms with Crippen LogP contribution in [-0.2, 0) is 19.3 Å². The zero-order valence-corrected chi connectivity index (χ0v) is 23.6. The fraction of sp³-hybridized carbons (Fsp3) is 0.296. The molecule has 0 fully saturated rings. The highest BCUT2D eigenvalue weighted by Gasteiger charge is 2.27. The first kappa shape index (κ1) is 29.5. The second-order valence-electron chi connectivity index (χ2n) is 9.30. The quantitative estimate of drug-likeness (QED) is 0.328. The van der Waals surface area contributed by atoms with Crippen LogP contribution >= 0.6 is 11.6 Å². The summed E-state index contributed by atoms with van der Waals surface area (Å²) in [7, 11) is -3.45. The van der Waals surface area contributed by atoms with Gasteiger partial charge in [-0.2, -0.15) is 5.10 Å². The number of benzene rings is 2. The van der Waals surface area contributed by atoms with E-state index >= 15 is 0 Å². The first-order chi connectivity index (χ1) is 18.2. The normalized spacial score (nSPS) is 11.3. The molecule has 0 saturated carbocycles. The molecule has 0 unspecified atom stereocenters. The highest BCUT2D eigenvalue weighted by atomic mass is 35.5. The zero-order chi connectivity index (χ0) is 29.0. The Hall–Kier alpha value is -4.01. The van der Waals surface area contributed by atoms with Crippen LogP contribution in [0.3, 0.4) is 0 Å². The van der Waals surface area contributed by atoms with Crippen LogP contribution in [0.2, 0.25) is 5.02 Å². The maximum absolute atomic E-state index is 12.5. The first-order valence-corrected chi connectivity index (χ1v) is 14.0. The summed E-state index contributed by atoms with van der Waals surface area (Å²) in [5.41, 5.74) is 0.408. The van der Waals surface area contributed by atoms with Crippen LogP contribution in [0.5, 0.6) is 5.75 Å². The number of nitrogens with zero attached hydrogens (tertiary/aromatic N) is 2. The summed E-state index contributed by atoms with van der Waals surface area (Å²) in [6, 6.07) is 10.6. The molecule has 3 rings (SSSR count). The van der Waals surface area contributed by atoms with Crippen molar-refractivity contribution in [3.8, 4) is 34.5 Å². The number of rotatable bonds is 6. The van der Waals surface area contributed by atoms with Crippen molar-refractivity contribution in [2.45, 2.75) is 38.2 Å². The molecule has 206 valence electrons. The highest BCUT2D eigenvalue weighted by Crippen LogP contribution is 2.37. The van der Waals surface area contributed by atoms with Crippen molar-refractivity contribution in [2.75, 3.05) is 19.4 Å². The molecule has 0 atom stereocenters. The topological polar surface area (TPSA) is 137 Å². The molecule has 12 heteroatoms. The molecule has 0 spiro atoms. The number of halogens is 1. The fourth-order valence-electron chi connectivity index (χ4n) is 3.37. The number of amides is 1. The molecule has 2 aromatic carbocycles. The number of aromatic hydroxyl groups is 1. The molecular weight excluding hydrogens is 546 g/mol. The van der Waals surface area contributed by atoms with E-state index in [1.807, 2.05) is 0 Å². The van der Waals surface area contributed by atoms with Crippen molar-refractivity contribution >= 4 is 33.5 Å². The third-order valence-electron chi connectivity index (χ3n) is 5.01. The van der Waals surface area contributed by atoms with Gasteiger partial charge < -0.3 is 19.9 Å². The van der Waals surface area contributed by atoms with Crippen molar-refractivity contribution in [3.05, 3.63) is 58.7 Å². The van der Waals surface area contributed by atoms with Crippen LogP contribution in [-0.4, -0.2) is 60.4 Å². The Morgan fingerprint density at radius 1 is 1.15 bits per heavy atom. The van der Waals surface area contributed by atoms with Gasteiger partial charge in [0.05, 0.1) is 28.8 Å². The molecule has 1 heterocycles. The van der Waals surface area contributed by atoms with E-state index in [2.05, 4.69) is 22.3 Å². The summed E-state index contributed by atoms with van der Waals surface area (Å²) in [6.07, 6.45) is 0.499.